The van der Waals surface area contributed by atoms with Crippen LogP contribution in [0.1, 0.15) is 36.0 Å². The maximum atomic E-state index is 9.24. The van der Waals surface area contributed by atoms with Gasteiger partial charge in [0, 0.05) is 13.0 Å². The first kappa shape index (κ1) is 12.2. The van der Waals surface area contributed by atoms with Crippen LogP contribution in [0.15, 0.2) is 28.8 Å². The quantitative estimate of drug-likeness (QED) is 0.880. The molecule has 1 fully saturated rings. The Kier molecular flexibility index (Phi) is 3.46. The zero-order valence-electron chi connectivity index (χ0n) is 10.7. The normalized spacial score (nSPS) is 19.5. The molecule has 1 aromatic carbocycles. The number of rotatable bonds is 3. The second-order valence-electron chi connectivity index (χ2n) is 4.94. The summed E-state index contributed by atoms with van der Waals surface area (Å²) in [7, 11) is 0. The molecule has 19 heavy (non-hydrogen) atoms. The summed E-state index contributed by atoms with van der Waals surface area (Å²) in [6.45, 7) is 1.99. The predicted molar refractivity (Wildman–Crippen MR) is 70.1 cm³/mol. The van der Waals surface area contributed by atoms with Crippen molar-refractivity contribution in [3.05, 3.63) is 41.5 Å². The third kappa shape index (κ3) is 2.93. The maximum absolute atomic E-state index is 9.24. The van der Waals surface area contributed by atoms with Crippen LogP contribution in [-0.2, 0) is 6.42 Å². The molecular formula is C14H17N3O2. The molecule has 0 spiro atoms. The Balaban J connectivity index is 1.68. The highest BCUT2D eigenvalue weighted by molar-refractivity contribution is 5.27. The van der Waals surface area contributed by atoms with Crippen LogP contribution >= 0.6 is 0 Å². The van der Waals surface area contributed by atoms with Crippen molar-refractivity contribution < 1.29 is 9.63 Å². The van der Waals surface area contributed by atoms with Gasteiger partial charge >= 0.3 is 0 Å². The fourth-order valence-electron chi connectivity index (χ4n) is 2.36. The van der Waals surface area contributed by atoms with E-state index < -0.39 is 0 Å². The van der Waals surface area contributed by atoms with Gasteiger partial charge in [-0.3, -0.25) is 0 Å². The molecule has 0 bridgehead atoms. The Hall–Kier alpha value is -1.88. The lowest BCUT2D eigenvalue weighted by molar-refractivity contribution is 0.320. The number of aromatic nitrogens is 2. The summed E-state index contributed by atoms with van der Waals surface area (Å²) in [6, 6.07) is 7.07. The van der Waals surface area contributed by atoms with Crippen molar-refractivity contribution in [2.24, 2.45) is 0 Å². The van der Waals surface area contributed by atoms with Gasteiger partial charge in [0.2, 0.25) is 5.89 Å². The van der Waals surface area contributed by atoms with Crippen molar-refractivity contribution in [2.75, 3.05) is 13.1 Å². The van der Waals surface area contributed by atoms with Crippen molar-refractivity contribution in [3.63, 3.8) is 0 Å². The van der Waals surface area contributed by atoms with Crippen molar-refractivity contribution in [2.45, 2.75) is 25.2 Å². The van der Waals surface area contributed by atoms with Gasteiger partial charge in [-0.15, -0.1) is 0 Å². The number of phenolic OH excluding ortho intramolecular Hbond substituents is 1. The molecular weight excluding hydrogens is 242 g/mol. The molecule has 1 saturated heterocycles. The van der Waals surface area contributed by atoms with E-state index in [-0.39, 0.29) is 5.75 Å². The van der Waals surface area contributed by atoms with Crippen LogP contribution in [0.5, 0.6) is 5.75 Å². The van der Waals surface area contributed by atoms with Crippen LogP contribution < -0.4 is 5.32 Å². The topological polar surface area (TPSA) is 71.2 Å². The van der Waals surface area contributed by atoms with Crippen LogP contribution in [0, 0.1) is 0 Å². The fourth-order valence-corrected chi connectivity index (χ4v) is 2.36. The third-order valence-electron chi connectivity index (χ3n) is 3.43. The molecule has 2 heterocycles. The van der Waals surface area contributed by atoms with Gasteiger partial charge in [-0.1, -0.05) is 17.3 Å². The van der Waals surface area contributed by atoms with Crippen LogP contribution in [0.25, 0.3) is 0 Å². The van der Waals surface area contributed by atoms with E-state index in [0.29, 0.717) is 18.2 Å². The average Bonchev–Trinajstić information content (AvgIpc) is 2.91. The molecule has 5 heteroatoms. The zero-order valence-corrected chi connectivity index (χ0v) is 10.7. The number of aromatic hydroxyl groups is 1. The Morgan fingerprint density at radius 2 is 2.16 bits per heavy atom. The third-order valence-corrected chi connectivity index (χ3v) is 3.43. The summed E-state index contributed by atoms with van der Waals surface area (Å²) in [5, 5.41) is 16.6. The van der Waals surface area contributed by atoms with E-state index in [1.165, 1.54) is 0 Å². The van der Waals surface area contributed by atoms with Crippen molar-refractivity contribution in [1.82, 2.24) is 15.5 Å². The minimum Gasteiger partial charge on any atom is -0.508 e. The van der Waals surface area contributed by atoms with Gasteiger partial charge in [-0.25, -0.2) is 0 Å². The monoisotopic (exact) mass is 259 g/mol. The maximum Gasteiger partial charge on any atom is 0.231 e. The lowest BCUT2D eigenvalue weighted by atomic mass is 10.00. The van der Waals surface area contributed by atoms with Gasteiger partial charge in [0.25, 0.3) is 0 Å². The van der Waals surface area contributed by atoms with Gasteiger partial charge in [0.15, 0.2) is 5.82 Å². The first-order chi connectivity index (χ1) is 9.31. The second kappa shape index (κ2) is 5.40. The largest absolute Gasteiger partial charge is 0.508 e. The average molecular weight is 259 g/mol. The summed E-state index contributed by atoms with van der Waals surface area (Å²) in [6.07, 6.45) is 2.89. The molecule has 2 aromatic rings. The van der Waals surface area contributed by atoms with Crippen molar-refractivity contribution in [1.29, 1.82) is 0 Å². The van der Waals surface area contributed by atoms with E-state index in [4.69, 9.17) is 4.52 Å². The first-order valence-electron chi connectivity index (χ1n) is 6.62. The molecule has 0 amide bonds. The number of nitrogens with one attached hydrogen (secondary N) is 1. The highest BCUT2D eigenvalue weighted by Crippen LogP contribution is 2.22. The van der Waals surface area contributed by atoms with E-state index in [1.54, 1.807) is 12.1 Å². The minimum atomic E-state index is 0.269. The molecule has 2 N–H and O–H groups in total. The fraction of sp³-hybridized carbons (Fsp3) is 0.429. The van der Waals surface area contributed by atoms with E-state index in [1.807, 2.05) is 12.1 Å². The van der Waals surface area contributed by atoms with Crippen molar-refractivity contribution in [3.8, 4) is 5.75 Å². The highest BCUT2D eigenvalue weighted by Gasteiger charge is 2.21. The SMILES string of the molecule is Oc1ccc(Cc2noc([C@H]3CCCNC3)n2)cc1. The molecule has 1 aliphatic heterocycles. The lowest BCUT2D eigenvalue weighted by Gasteiger charge is -2.18. The number of hydrogen-bond donors (Lipinski definition) is 2. The lowest BCUT2D eigenvalue weighted by Crippen LogP contribution is -2.28. The summed E-state index contributed by atoms with van der Waals surface area (Å²) in [4.78, 5) is 4.47. The van der Waals surface area contributed by atoms with E-state index in [0.717, 1.165) is 37.4 Å². The molecule has 0 unspecified atom stereocenters. The van der Waals surface area contributed by atoms with Crippen LogP contribution in [0.3, 0.4) is 0 Å². The molecule has 5 nitrogen and oxygen atoms in total. The van der Waals surface area contributed by atoms with E-state index >= 15 is 0 Å². The van der Waals surface area contributed by atoms with Gasteiger partial charge in [-0.2, -0.15) is 4.98 Å². The molecule has 1 atom stereocenters. The van der Waals surface area contributed by atoms with Gasteiger partial charge < -0.3 is 14.9 Å². The summed E-state index contributed by atoms with van der Waals surface area (Å²) >= 11 is 0. The van der Waals surface area contributed by atoms with E-state index in [9.17, 15) is 5.11 Å². The van der Waals surface area contributed by atoms with Crippen LogP contribution in [0.4, 0.5) is 0 Å². The van der Waals surface area contributed by atoms with Crippen LogP contribution in [-0.4, -0.2) is 28.3 Å². The van der Waals surface area contributed by atoms with Crippen molar-refractivity contribution >= 4 is 0 Å². The number of nitrogens with zero attached hydrogens (tertiary/aromatic N) is 2. The van der Waals surface area contributed by atoms with Gasteiger partial charge in [0.1, 0.15) is 5.75 Å². The Morgan fingerprint density at radius 3 is 2.89 bits per heavy atom. The predicted octanol–water partition coefficient (Wildman–Crippen LogP) is 1.83. The molecule has 0 aliphatic carbocycles. The molecule has 3 rings (SSSR count). The van der Waals surface area contributed by atoms with Crippen LogP contribution in [0.2, 0.25) is 0 Å². The summed E-state index contributed by atoms with van der Waals surface area (Å²) < 4.78 is 5.35. The smallest absolute Gasteiger partial charge is 0.231 e. The Bertz CT molecular complexity index is 530. The first-order valence-corrected chi connectivity index (χ1v) is 6.62. The molecule has 0 radical (unpaired) electrons. The standard InChI is InChI=1S/C14H17N3O2/c18-12-5-3-10(4-6-12)8-13-16-14(19-17-13)11-2-1-7-15-9-11/h3-6,11,15,18H,1-2,7-9H2/t11-/m0/s1. The van der Waals surface area contributed by atoms with Gasteiger partial charge in [-0.05, 0) is 37.1 Å². The molecule has 0 saturated carbocycles. The van der Waals surface area contributed by atoms with Gasteiger partial charge in [0.05, 0.1) is 5.92 Å². The molecule has 1 aromatic heterocycles. The molecule has 100 valence electrons. The summed E-state index contributed by atoms with van der Waals surface area (Å²) in [5.41, 5.74) is 1.06. The van der Waals surface area contributed by atoms with E-state index in [2.05, 4.69) is 15.5 Å². The highest BCUT2D eigenvalue weighted by atomic mass is 16.5. The second-order valence-corrected chi connectivity index (χ2v) is 4.94. The molecule has 1 aliphatic rings. The number of benzene rings is 1. The number of hydrogen-bond acceptors (Lipinski definition) is 5. The zero-order chi connectivity index (χ0) is 13.1. The minimum absolute atomic E-state index is 0.269. The Labute approximate surface area is 111 Å². The Morgan fingerprint density at radius 1 is 1.32 bits per heavy atom. The summed E-state index contributed by atoms with van der Waals surface area (Å²) in [5.74, 6) is 2.05. The number of piperidine rings is 1. The number of phenols is 1.